The van der Waals surface area contributed by atoms with Gasteiger partial charge in [0.15, 0.2) is 0 Å². The molecular weight excluding hydrogens is 252 g/mol. The fraction of sp³-hybridized carbons (Fsp3) is 0.188. The smallest absolute Gasteiger partial charge is 0.141 e. The fourth-order valence-electron chi connectivity index (χ4n) is 2.48. The fourth-order valence-corrected chi connectivity index (χ4v) is 2.48. The van der Waals surface area contributed by atoms with Crippen molar-refractivity contribution in [2.45, 2.75) is 13.2 Å². The van der Waals surface area contributed by atoms with Crippen LogP contribution in [0.25, 0.3) is 22.4 Å². The van der Waals surface area contributed by atoms with Crippen molar-refractivity contribution in [3.8, 4) is 11.4 Å². The highest BCUT2D eigenvalue weighted by molar-refractivity contribution is 5.81. The van der Waals surface area contributed by atoms with E-state index in [4.69, 9.17) is 0 Å². The van der Waals surface area contributed by atoms with E-state index >= 15 is 0 Å². The standard InChI is InChI=1S/C16H16N2O2/c19-10-9-18-15-8-4-3-7-14(15)17-16(18)13-6-2-1-5-12(13)11-20/h1-8,19-20H,9-11H2. The number of para-hydroxylation sites is 2. The van der Waals surface area contributed by atoms with Gasteiger partial charge in [0, 0.05) is 12.1 Å². The van der Waals surface area contributed by atoms with Crippen LogP contribution in [0, 0.1) is 0 Å². The first-order valence-electron chi connectivity index (χ1n) is 6.60. The second kappa shape index (κ2) is 5.45. The molecule has 0 saturated heterocycles. The molecule has 20 heavy (non-hydrogen) atoms. The van der Waals surface area contributed by atoms with Crippen LogP contribution in [0.1, 0.15) is 5.56 Å². The van der Waals surface area contributed by atoms with Crippen LogP contribution in [0.15, 0.2) is 48.5 Å². The molecule has 0 aliphatic carbocycles. The van der Waals surface area contributed by atoms with Crippen LogP contribution in [-0.4, -0.2) is 26.4 Å². The number of fused-ring (bicyclic) bond motifs is 1. The summed E-state index contributed by atoms with van der Waals surface area (Å²) in [7, 11) is 0. The number of aliphatic hydroxyl groups excluding tert-OH is 2. The molecule has 0 atom stereocenters. The summed E-state index contributed by atoms with van der Waals surface area (Å²) < 4.78 is 1.99. The first-order valence-corrected chi connectivity index (χ1v) is 6.60. The van der Waals surface area contributed by atoms with Crippen molar-refractivity contribution in [2.24, 2.45) is 0 Å². The number of hydrogen-bond acceptors (Lipinski definition) is 3. The molecule has 3 rings (SSSR count). The summed E-state index contributed by atoms with van der Waals surface area (Å²) in [6.45, 7) is 0.503. The third-order valence-corrected chi connectivity index (χ3v) is 3.41. The van der Waals surface area contributed by atoms with Gasteiger partial charge < -0.3 is 14.8 Å². The van der Waals surface area contributed by atoms with E-state index in [1.165, 1.54) is 0 Å². The molecule has 1 aromatic heterocycles. The van der Waals surface area contributed by atoms with E-state index in [9.17, 15) is 10.2 Å². The lowest BCUT2D eigenvalue weighted by atomic mass is 10.1. The summed E-state index contributed by atoms with van der Waals surface area (Å²) in [6, 6.07) is 15.5. The number of nitrogens with zero attached hydrogens (tertiary/aromatic N) is 2. The number of aromatic nitrogens is 2. The van der Waals surface area contributed by atoms with Crippen LogP contribution >= 0.6 is 0 Å². The van der Waals surface area contributed by atoms with Gasteiger partial charge in [-0.25, -0.2) is 4.98 Å². The highest BCUT2D eigenvalue weighted by Crippen LogP contribution is 2.27. The summed E-state index contributed by atoms with van der Waals surface area (Å²) in [5, 5.41) is 18.8. The number of rotatable bonds is 4. The van der Waals surface area contributed by atoms with Crippen molar-refractivity contribution in [3.63, 3.8) is 0 Å². The van der Waals surface area contributed by atoms with Gasteiger partial charge >= 0.3 is 0 Å². The number of hydrogen-bond donors (Lipinski definition) is 2. The van der Waals surface area contributed by atoms with Gasteiger partial charge in [-0.1, -0.05) is 36.4 Å². The molecule has 0 saturated carbocycles. The van der Waals surface area contributed by atoms with Crippen molar-refractivity contribution in [2.75, 3.05) is 6.61 Å². The highest BCUT2D eigenvalue weighted by Gasteiger charge is 2.14. The van der Waals surface area contributed by atoms with Crippen molar-refractivity contribution in [1.29, 1.82) is 0 Å². The van der Waals surface area contributed by atoms with Gasteiger partial charge in [0.1, 0.15) is 5.82 Å². The van der Waals surface area contributed by atoms with E-state index in [2.05, 4.69) is 4.98 Å². The van der Waals surface area contributed by atoms with Crippen LogP contribution in [0.4, 0.5) is 0 Å². The maximum Gasteiger partial charge on any atom is 0.141 e. The Morgan fingerprint density at radius 2 is 1.70 bits per heavy atom. The topological polar surface area (TPSA) is 58.3 Å². The van der Waals surface area contributed by atoms with Crippen molar-refractivity contribution in [1.82, 2.24) is 9.55 Å². The van der Waals surface area contributed by atoms with Gasteiger partial charge in [0.25, 0.3) is 0 Å². The van der Waals surface area contributed by atoms with E-state index in [0.717, 1.165) is 28.0 Å². The molecular formula is C16H16N2O2. The minimum absolute atomic E-state index is 0.0293. The predicted octanol–water partition coefficient (Wildman–Crippen LogP) is 2.19. The molecule has 4 heteroatoms. The molecule has 1 heterocycles. The summed E-state index contributed by atoms with van der Waals surface area (Å²) in [5.74, 6) is 0.782. The lowest BCUT2D eigenvalue weighted by Gasteiger charge is -2.10. The van der Waals surface area contributed by atoms with Gasteiger partial charge in [-0.3, -0.25) is 0 Å². The Bertz CT molecular complexity index is 734. The molecule has 102 valence electrons. The van der Waals surface area contributed by atoms with Crippen LogP contribution in [0.3, 0.4) is 0 Å². The van der Waals surface area contributed by atoms with Crippen LogP contribution in [0.2, 0.25) is 0 Å². The Morgan fingerprint density at radius 1 is 0.950 bits per heavy atom. The lowest BCUT2D eigenvalue weighted by Crippen LogP contribution is -2.05. The van der Waals surface area contributed by atoms with Crippen LogP contribution in [-0.2, 0) is 13.2 Å². The molecule has 2 aromatic carbocycles. The number of imidazole rings is 1. The number of aliphatic hydroxyl groups is 2. The van der Waals surface area contributed by atoms with E-state index in [1.807, 2.05) is 53.1 Å². The Balaban J connectivity index is 2.27. The van der Waals surface area contributed by atoms with Crippen LogP contribution < -0.4 is 0 Å². The zero-order valence-corrected chi connectivity index (χ0v) is 11.0. The van der Waals surface area contributed by atoms with Crippen molar-refractivity contribution in [3.05, 3.63) is 54.1 Å². The normalized spacial score (nSPS) is 11.1. The molecule has 0 aliphatic rings. The maximum absolute atomic E-state index is 9.49. The van der Waals surface area contributed by atoms with Crippen molar-refractivity contribution >= 4 is 11.0 Å². The summed E-state index contributed by atoms with van der Waals surface area (Å²) in [5.41, 5.74) is 3.62. The Labute approximate surface area is 116 Å². The lowest BCUT2D eigenvalue weighted by molar-refractivity contribution is 0.278. The summed E-state index contributed by atoms with van der Waals surface area (Å²) in [4.78, 5) is 4.65. The zero-order chi connectivity index (χ0) is 13.9. The average Bonchev–Trinajstić information content (AvgIpc) is 2.86. The predicted molar refractivity (Wildman–Crippen MR) is 78.2 cm³/mol. The first-order chi connectivity index (χ1) is 9.85. The van der Waals surface area contributed by atoms with Gasteiger partial charge in [-0.15, -0.1) is 0 Å². The van der Waals surface area contributed by atoms with E-state index in [-0.39, 0.29) is 13.2 Å². The molecule has 0 amide bonds. The Kier molecular flexibility index (Phi) is 3.50. The molecule has 0 unspecified atom stereocenters. The number of benzene rings is 2. The molecule has 0 fully saturated rings. The molecule has 3 aromatic rings. The third-order valence-electron chi connectivity index (χ3n) is 3.41. The first kappa shape index (κ1) is 12.8. The monoisotopic (exact) mass is 268 g/mol. The zero-order valence-electron chi connectivity index (χ0n) is 11.0. The second-order valence-electron chi connectivity index (χ2n) is 4.61. The molecule has 0 bridgehead atoms. The Hall–Kier alpha value is -2.17. The second-order valence-corrected chi connectivity index (χ2v) is 4.61. The van der Waals surface area contributed by atoms with Gasteiger partial charge in [0.2, 0.25) is 0 Å². The summed E-state index contributed by atoms with van der Waals surface area (Å²) in [6.07, 6.45) is 0. The molecule has 0 radical (unpaired) electrons. The van der Waals surface area contributed by atoms with Gasteiger partial charge in [-0.2, -0.15) is 0 Å². The summed E-state index contributed by atoms with van der Waals surface area (Å²) >= 11 is 0. The van der Waals surface area contributed by atoms with E-state index < -0.39 is 0 Å². The quantitative estimate of drug-likeness (QED) is 0.762. The van der Waals surface area contributed by atoms with Crippen LogP contribution in [0.5, 0.6) is 0 Å². The molecule has 0 aliphatic heterocycles. The molecule has 4 nitrogen and oxygen atoms in total. The van der Waals surface area contributed by atoms with Crippen molar-refractivity contribution < 1.29 is 10.2 Å². The molecule has 2 N–H and O–H groups in total. The van der Waals surface area contributed by atoms with Gasteiger partial charge in [0.05, 0.1) is 24.2 Å². The Morgan fingerprint density at radius 3 is 2.50 bits per heavy atom. The van der Waals surface area contributed by atoms with E-state index in [1.54, 1.807) is 0 Å². The van der Waals surface area contributed by atoms with E-state index in [0.29, 0.717) is 6.54 Å². The average molecular weight is 268 g/mol. The SMILES string of the molecule is OCCn1c(-c2ccccc2CO)nc2ccccc21. The minimum atomic E-state index is -0.0293. The largest absolute Gasteiger partial charge is 0.395 e. The highest BCUT2D eigenvalue weighted by atomic mass is 16.3. The minimum Gasteiger partial charge on any atom is -0.395 e. The third kappa shape index (κ3) is 2.09. The van der Waals surface area contributed by atoms with Gasteiger partial charge in [-0.05, 0) is 17.7 Å². The molecule has 0 spiro atoms. The maximum atomic E-state index is 9.49.